The maximum atomic E-state index is 12.8. The number of ether oxygens (including phenoxy) is 2. The van der Waals surface area contributed by atoms with Gasteiger partial charge in [0.25, 0.3) is 0 Å². The Balaban J connectivity index is 1.07. The number of benzene rings is 2. The molecule has 37 heavy (non-hydrogen) atoms. The van der Waals surface area contributed by atoms with Crippen LogP contribution in [0.25, 0.3) is 0 Å². The average molecular weight is 517 g/mol. The van der Waals surface area contributed by atoms with E-state index in [0.29, 0.717) is 31.2 Å². The summed E-state index contributed by atoms with van der Waals surface area (Å²) in [4.78, 5) is 16.6. The fraction of sp³-hybridized carbons (Fsp3) is 0.423. The summed E-state index contributed by atoms with van der Waals surface area (Å²) < 4.78 is 51.6. The lowest BCUT2D eigenvalue weighted by Crippen LogP contribution is -2.34. The molecule has 2 aliphatic rings. The van der Waals surface area contributed by atoms with Gasteiger partial charge < -0.3 is 24.5 Å². The minimum atomic E-state index is -4.30. The summed E-state index contributed by atoms with van der Waals surface area (Å²) in [6.07, 6.45) is 0.249. The molecule has 0 bridgehead atoms. The highest BCUT2D eigenvalue weighted by Gasteiger charge is 2.30. The van der Waals surface area contributed by atoms with E-state index in [0.717, 1.165) is 55.7 Å². The van der Waals surface area contributed by atoms with Gasteiger partial charge in [0.2, 0.25) is 0 Å². The lowest BCUT2D eigenvalue weighted by atomic mass is 9.89. The van der Waals surface area contributed by atoms with E-state index >= 15 is 0 Å². The van der Waals surface area contributed by atoms with E-state index in [9.17, 15) is 23.3 Å². The molecule has 3 aromatic rings. The van der Waals surface area contributed by atoms with E-state index in [1.54, 1.807) is 16.7 Å². The fourth-order valence-electron chi connectivity index (χ4n) is 4.84. The first-order valence-electron chi connectivity index (χ1n) is 12.3. The molecule has 0 spiro atoms. The minimum absolute atomic E-state index is 0.226. The number of aryl methyl sites for hydroxylation is 1. The lowest BCUT2D eigenvalue weighted by molar-refractivity contribution is -0.389. The Bertz CT molecular complexity index is 1220. The molecule has 0 N–H and O–H groups in total. The van der Waals surface area contributed by atoms with E-state index in [-0.39, 0.29) is 17.9 Å². The molecule has 0 aliphatic carbocycles. The van der Waals surface area contributed by atoms with Crippen molar-refractivity contribution in [3.63, 3.8) is 0 Å². The van der Waals surface area contributed by atoms with Crippen LogP contribution in [0.15, 0.2) is 54.7 Å². The van der Waals surface area contributed by atoms with Crippen molar-refractivity contribution in [2.75, 3.05) is 24.6 Å². The molecule has 1 fully saturated rings. The van der Waals surface area contributed by atoms with Gasteiger partial charge in [0, 0.05) is 36.7 Å². The largest absolute Gasteiger partial charge is 0.490 e. The van der Waals surface area contributed by atoms with Gasteiger partial charge in [-0.05, 0) is 72.1 Å². The Labute approximate surface area is 211 Å². The van der Waals surface area contributed by atoms with E-state index in [1.165, 1.54) is 6.20 Å². The molecule has 2 aromatic carbocycles. The zero-order chi connectivity index (χ0) is 26.0. The number of hydrogen-bond acceptors (Lipinski definition) is 6. The van der Waals surface area contributed by atoms with Gasteiger partial charge >= 0.3 is 18.0 Å². The number of imidazole rings is 1. The zero-order valence-electron chi connectivity index (χ0n) is 20.1. The number of aromatic nitrogens is 2. The summed E-state index contributed by atoms with van der Waals surface area (Å²) in [6.45, 7) is 2.67. The summed E-state index contributed by atoms with van der Waals surface area (Å²) in [6, 6.07) is 13.6. The quantitative estimate of drug-likeness (QED) is 0.305. The van der Waals surface area contributed by atoms with Gasteiger partial charge in [0.1, 0.15) is 24.7 Å². The molecule has 11 heteroatoms. The first-order chi connectivity index (χ1) is 17.7. The molecule has 196 valence electrons. The SMILES string of the molecule is O=[N+]([O-])c1cn2c(n1)OC(COc1ccc(N3CCC(Cc4ccc(C(F)(F)F)cc4)CC3)cc1)CC2. The Kier molecular flexibility index (Phi) is 6.94. The molecular formula is C26H27F3N4O4. The number of piperidine rings is 1. The van der Waals surface area contributed by atoms with E-state index in [2.05, 4.69) is 9.88 Å². The Hall–Kier alpha value is -3.76. The monoisotopic (exact) mass is 516 g/mol. The standard InChI is InChI=1S/C26H27F3N4O4/c27-26(28,29)20-3-1-18(2-4-20)15-19-9-12-31(13-10-19)21-5-7-22(8-6-21)36-17-23-11-14-32-16-24(33(34)35)30-25(32)37-23/h1-8,16,19,23H,9-15,17H2. The number of anilines is 1. The third kappa shape index (κ3) is 5.98. The number of halogens is 3. The normalized spacial score (nSPS) is 18.2. The van der Waals surface area contributed by atoms with Crippen LogP contribution in [0.1, 0.15) is 30.4 Å². The summed E-state index contributed by atoms with van der Waals surface area (Å²) in [5, 5.41) is 10.9. The van der Waals surface area contributed by atoms with E-state index in [4.69, 9.17) is 9.47 Å². The van der Waals surface area contributed by atoms with Gasteiger partial charge in [-0.2, -0.15) is 13.2 Å². The molecular weight excluding hydrogens is 489 g/mol. The Morgan fingerprint density at radius 3 is 2.38 bits per heavy atom. The van der Waals surface area contributed by atoms with Gasteiger partial charge in [0.15, 0.2) is 0 Å². The first-order valence-corrected chi connectivity index (χ1v) is 12.3. The molecule has 2 aliphatic heterocycles. The van der Waals surface area contributed by atoms with Crippen LogP contribution in [-0.4, -0.2) is 40.3 Å². The lowest BCUT2D eigenvalue weighted by Gasteiger charge is -2.34. The summed E-state index contributed by atoms with van der Waals surface area (Å²) in [5.41, 5.74) is 1.43. The Morgan fingerprint density at radius 2 is 1.73 bits per heavy atom. The average Bonchev–Trinajstić information content (AvgIpc) is 3.32. The number of fused-ring (bicyclic) bond motifs is 1. The van der Waals surface area contributed by atoms with Crippen molar-refractivity contribution in [1.82, 2.24) is 9.55 Å². The molecule has 0 amide bonds. The maximum Gasteiger partial charge on any atom is 0.416 e. The molecule has 1 aromatic heterocycles. The first kappa shape index (κ1) is 24.9. The number of alkyl halides is 3. The van der Waals surface area contributed by atoms with Crippen molar-refractivity contribution in [3.05, 3.63) is 76.0 Å². The predicted molar refractivity (Wildman–Crippen MR) is 130 cm³/mol. The van der Waals surface area contributed by atoms with Gasteiger partial charge in [-0.3, -0.25) is 4.57 Å². The summed E-state index contributed by atoms with van der Waals surface area (Å²) in [7, 11) is 0. The molecule has 5 rings (SSSR count). The number of hydrogen-bond donors (Lipinski definition) is 0. The highest BCUT2D eigenvalue weighted by molar-refractivity contribution is 5.49. The van der Waals surface area contributed by atoms with Crippen molar-refractivity contribution < 1.29 is 27.6 Å². The van der Waals surface area contributed by atoms with Crippen molar-refractivity contribution in [3.8, 4) is 11.8 Å². The van der Waals surface area contributed by atoms with E-state index in [1.807, 2.05) is 24.3 Å². The second-order valence-electron chi connectivity index (χ2n) is 9.49. The van der Waals surface area contributed by atoms with Crippen LogP contribution in [0.5, 0.6) is 11.8 Å². The smallest absolute Gasteiger partial charge is 0.416 e. The molecule has 0 saturated carbocycles. The van der Waals surface area contributed by atoms with Gasteiger partial charge in [-0.15, -0.1) is 0 Å². The minimum Gasteiger partial charge on any atom is -0.490 e. The summed E-state index contributed by atoms with van der Waals surface area (Å²) >= 11 is 0. The highest BCUT2D eigenvalue weighted by Crippen LogP contribution is 2.31. The number of rotatable bonds is 7. The van der Waals surface area contributed by atoms with Gasteiger partial charge in [-0.1, -0.05) is 12.1 Å². The fourth-order valence-corrected chi connectivity index (χ4v) is 4.84. The van der Waals surface area contributed by atoms with Crippen LogP contribution in [0.4, 0.5) is 24.7 Å². The predicted octanol–water partition coefficient (Wildman–Crippen LogP) is 5.50. The van der Waals surface area contributed by atoms with Crippen molar-refractivity contribution >= 4 is 11.5 Å². The molecule has 0 radical (unpaired) electrons. The van der Waals surface area contributed by atoms with Crippen LogP contribution < -0.4 is 14.4 Å². The van der Waals surface area contributed by atoms with Crippen molar-refractivity contribution in [2.45, 2.75) is 44.5 Å². The van der Waals surface area contributed by atoms with Gasteiger partial charge in [-0.25, -0.2) is 0 Å². The van der Waals surface area contributed by atoms with Crippen LogP contribution in [0, 0.1) is 16.0 Å². The highest BCUT2D eigenvalue weighted by atomic mass is 19.4. The zero-order valence-corrected chi connectivity index (χ0v) is 20.1. The van der Waals surface area contributed by atoms with Gasteiger partial charge in [0.05, 0.1) is 5.56 Å². The third-order valence-electron chi connectivity index (χ3n) is 6.94. The maximum absolute atomic E-state index is 12.8. The summed E-state index contributed by atoms with van der Waals surface area (Å²) in [5.74, 6) is 0.934. The second kappa shape index (κ2) is 10.3. The number of nitro groups is 1. The molecule has 1 saturated heterocycles. The van der Waals surface area contributed by atoms with Crippen molar-refractivity contribution in [1.29, 1.82) is 0 Å². The van der Waals surface area contributed by atoms with Crippen LogP contribution in [-0.2, 0) is 19.1 Å². The third-order valence-corrected chi connectivity index (χ3v) is 6.94. The van der Waals surface area contributed by atoms with E-state index < -0.39 is 16.7 Å². The molecule has 8 nitrogen and oxygen atoms in total. The van der Waals surface area contributed by atoms with Crippen LogP contribution >= 0.6 is 0 Å². The Morgan fingerprint density at radius 1 is 1.03 bits per heavy atom. The van der Waals surface area contributed by atoms with Crippen LogP contribution in [0.3, 0.4) is 0 Å². The molecule has 1 atom stereocenters. The topological polar surface area (TPSA) is 82.7 Å². The van der Waals surface area contributed by atoms with Crippen LogP contribution in [0.2, 0.25) is 0 Å². The number of nitrogens with zero attached hydrogens (tertiary/aromatic N) is 4. The second-order valence-corrected chi connectivity index (χ2v) is 9.49. The molecule has 1 unspecified atom stereocenters. The molecule has 3 heterocycles. The van der Waals surface area contributed by atoms with Crippen molar-refractivity contribution in [2.24, 2.45) is 5.92 Å².